The first-order chi connectivity index (χ1) is 22.7. The number of hydrogen-bond acceptors (Lipinski definition) is 3. The lowest BCUT2D eigenvalue weighted by Gasteiger charge is -2.15. The van der Waals surface area contributed by atoms with Gasteiger partial charge >= 0.3 is 5.97 Å². The van der Waals surface area contributed by atoms with E-state index in [2.05, 4.69) is 104 Å². The van der Waals surface area contributed by atoms with Crippen LogP contribution in [0.1, 0.15) is 115 Å². The number of carbonyl (C=O) groups excluding carboxylic acids is 2. The lowest BCUT2D eigenvalue weighted by Crippen LogP contribution is -2.40. The number of benzene rings is 1. The summed E-state index contributed by atoms with van der Waals surface area (Å²) in [6.45, 7) is 8.88. The summed E-state index contributed by atoms with van der Waals surface area (Å²) in [5.41, 5.74) is 2.25. The molecule has 1 unspecified atom stereocenters. The van der Waals surface area contributed by atoms with Gasteiger partial charge in [0.2, 0.25) is 11.8 Å². The molecule has 258 valence electrons. The molecule has 6 heteroatoms. The fourth-order valence-corrected chi connectivity index (χ4v) is 4.78. The van der Waals surface area contributed by atoms with Gasteiger partial charge in [0.15, 0.2) is 0 Å². The summed E-state index contributed by atoms with van der Waals surface area (Å²) in [7, 11) is 0. The van der Waals surface area contributed by atoms with Crippen molar-refractivity contribution in [3.63, 3.8) is 0 Å². The van der Waals surface area contributed by atoms with Crippen molar-refractivity contribution in [1.29, 1.82) is 0 Å². The van der Waals surface area contributed by atoms with Gasteiger partial charge in [-0.3, -0.25) is 9.59 Å². The summed E-state index contributed by atoms with van der Waals surface area (Å²) in [6.07, 6.45) is 34.7. The molecule has 0 aliphatic carbocycles. The standard InChI is InChI=1S/C41H60N2O4/c1-5-6-7-8-9-10-11-12-13-14-15-16-17-18-19-20-21-22-23-27-39(44)43-38(41(46)47)26-24-25-32-42-40(45)35(4)37-30-28-36(29-31-37)33-34(2)3/h6-7,9-10,12-13,15-16,18-19,21-22,28-31,34-35,38H,5,8,11,14,17,20,23-27,32-33H2,1-4H3,(H,42,45)(H,43,44)(H,46,47)/b7-6-,10-9-,13-12-,16-15-,19-18-,22-21-/t35?,38-/m0/s1. The Morgan fingerprint density at radius 2 is 1.23 bits per heavy atom. The van der Waals surface area contributed by atoms with Crippen LogP contribution in [0.4, 0.5) is 0 Å². The number of rotatable bonds is 25. The molecule has 0 radical (unpaired) electrons. The Hall–Kier alpha value is -3.93. The summed E-state index contributed by atoms with van der Waals surface area (Å²) in [6, 6.07) is 7.28. The van der Waals surface area contributed by atoms with Crippen LogP contribution in [0.2, 0.25) is 0 Å². The molecular weight excluding hydrogens is 584 g/mol. The van der Waals surface area contributed by atoms with Crippen LogP contribution in [0.25, 0.3) is 0 Å². The molecule has 0 saturated carbocycles. The molecule has 0 heterocycles. The third kappa shape index (κ3) is 22.3. The van der Waals surface area contributed by atoms with Gasteiger partial charge in [-0.2, -0.15) is 0 Å². The lowest BCUT2D eigenvalue weighted by atomic mass is 9.96. The molecule has 0 spiro atoms. The number of nitrogens with one attached hydrogen (secondary N) is 2. The lowest BCUT2D eigenvalue weighted by molar-refractivity contribution is -0.142. The second-order valence-corrected chi connectivity index (χ2v) is 12.3. The smallest absolute Gasteiger partial charge is 0.326 e. The Kier molecular flexibility index (Phi) is 23.8. The minimum absolute atomic E-state index is 0.0425. The zero-order valence-corrected chi connectivity index (χ0v) is 29.3. The molecule has 0 bridgehead atoms. The van der Waals surface area contributed by atoms with Gasteiger partial charge in [-0.25, -0.2) is 4.79 Å². The molecule has 0 saturated heterocycles. The first-order valence-electron chi connectivity index (χ1n) is 17.5. The molecule has 1 aromatic rings. The van der Waals surface area contributed by atoms with Crippen LogP contribution in [0.15, 0.2) is 97.2 Å². The van der Waals surface area contributed by atoms with E-state index >= 15 is 0 Å². The van der Waals surface area contributed by atoms with Gasteiger partial charge in [0.25, 0.3) is 0 Å². The molecule has 47 heavy (non-hydrogen) atoms. The molecule has 0 fully saturated rings. The second-order valence-electron chi connectivity index (χ2n) is 12.3. The average Bonchev–Trinajstić information content (AvgIpc) is 3.04. The van der Waals surface area contributed by atoms with E-state index in [1.54, 1.807) is 0 Å². The fourth-order valence-electron chi connectivity index (χ4n) is 4.78. The summed E-state index contributed by atoms with van der Waals surface area (Å²) < 4.78 is 0. The van der Waals surface area contributed by atoms with Crippen molar-refractivity contribution >= 4 is 17.8 Å². The highest BCUT2D eigenvalue weighted by atomic mass is 16.4. The van der Waals surface area contributed by atoms with Crippen LogP contribution in [0.3, 0.4) is 0 Å². The van der Waals surface area contributed by atoms with Gasteiger partial charge in [-0.1, -0.05) is 118 Å². The Morgan fingerprint density at radius 3 is 1.72 bits per heavy atom. The maximum absolute atomic E-state index is 12.6. The van der Waals surface area contributed by atoms with E-state index in [0.29, 0.717) is 38.1 Å². The molecule has 0 aromatic heterocycles. The van der Waals surface area contributed by atoms with E-state index in [1.165, 1.54) is 5.56 Å². The monoisotopic (exact) mass is 644 g/mol. The minimum atomic E-state index is -1.04. The summed E-state index contributed by atoms with van der Waals surface area (Å²) >= 11 is 0. The summed E-state index contributed by atoms with van der Waals surface area (Å²) in [5, 5.41) is 15.1. The maximum Gasteiger partial charge on any atom is 0.326 e. The van der Waals surface area contributed by atoms with Gasteiger partial charge in [0.1, 0.15) is 6.04 Å². The Balaban J connectivity index is 2.17. The van der Waals surface area contributed by atoms with Gasteiger partial charge in [-0.05, 0) is 94.6 Å². The Bertz CT molecular complexity index is 1190. The molecule has 2 atom stereocenters. The van der Waals surface area contributed by atoms with Crippen molar-refractivity contribution in [2.45, 2.75) is 117 Å². The van der Waals surface area contributed by atoms with Crippen LogP contribution in [-0.2, 0) is 20.8 Å². The van der Waals surface area contributed by atoms with E-state index in [9.17, 15) is 19.5 Å². The first-order valence-corrected chi connectivity index (χ1v) is 17.5. The van der Waals surface area contributed by atoms with Crippen LogP contribution < -0.4 is 10.6 Å². The predicted molar refractivity (Wildman–Crippen MR) is 197 cm³/mol. The number of amides is 2. The predicted octanol–water partition coefficient (Wildman–Crippen LogP) is 9.32. The van der Waals surface area contributed by atoms with E-state index in [0.717, 1.165) is 50.5 Å². The third-order valence-electron chi connectivity index (χ3n) is 7.50. The van der Waals surface area contributed by atoms with Crippen molar-refractivity contribution in [3.05, 3.63) is 108 Å². The number of carboxylic acids is 1. The molecular formula is C41H60N2O4. The van der Waals surface area contributed by atoms with Gasteiger partial charge in [0.05, 0.1) is 5.92 Å². The van der Waals surface area contributed by atoms with Crippen molar-refractivity contribution < 1.29 is 19.5 Å². The Labute approximate surface area is 284 Å². The minimum Gasteiger partial charge on any atom is -0.480 e. The molecule has 6 nitrogen and oxygen atoms in total. The second kappa shape index (κ2) is 27.2. The van der Waals surface area contributed by atoms with Gasteiger partial charge in [-0.15, -0.1) is 0 Å². The number of aliphatic carboxylic acids is 1. The van der Waals surface area contributed by atoms with Gasteiger partial charge in [0, 0.05) is 13.0 Å². The highest BCUT2D eigenvalue weighted by molar-refractivity contribution is 5.84. The number of carbonyl (C=O) groups is 3. The van der Waals surface area contributed by atoms with Crippen molar-refractivity contribution in [2.75, 3.05) is 6.54 Å². The van der Waals surface area contributed by atoms with E-state index in [4.69, 9.17) is 0 Å². The molecule has 0 aliphatic rings. The maximum atomic E-state index is 12.6. The number of hydrogen-bond donors (Lipinski definition) is 3. The van der Waals surface area contributed by atoms with Crippen molar-refractivity contribution in [3.8, 4) is 0 Å². The highest BCUT2D eigenvalue weighted by Gasteiger charge is 2.19. The molecule has 1 aromatic carbocycles. The zero-order valence-electron chi connectivity index (χ0n) is 29.3. The van der Waals surface area contributed by atoms with E-state index in [-0.39, 0.29) is 24.2 Å². The fraction of sp³-hybridized carbons (Fsp3) is 0.488. The normalized spacial score (nSPS) is 13.6. The van der Waals surface area contributed by atoms with Gasteiger partial charge < -0.3 is 15.7 Å². The summed E-state index contributed by atoms with van der Waals surface area (Å²) in [4.78, 5) is 36.6. The summed E-state index contributed by atoms with van der Waals surface area (Å²) in [5.74, 6) is -1.01. The van der Waals surface area contributed by atoms with Crippen molar-refractivity contribution in [1.82, 2.24) is 10.6 Å². The SMILES string of the molecule is CC/C=C\C/C=C\C/C=C\C/C=C\C/C=C\C/C=C\CCC(=O)N[C@@H](CCCCNC(=O)C(C)c1ccc(CC(C)C)cc1)C(=O)O. The first kappa shape index (κ1) is 41.1. The van der Waals surface area contributed by atoms with Crippen LogP contribution in [0.5, 0.6) is 0 Å². The molecule has 2 amide bonds. The number of unbranched alkanes of at least 4 members (excludes halogenated alkanes) is 1. The third-order valence-corrected chi connectivity index (χ3v) is 7.50. The largest absolute Gasteiger partial charge is 0.480 e. The molecule has 0 aliphatic heterocycles. The van der Waals surface area contributed by atoms with Crippen molar-refractivity contribution in [2.24, 2.45) is 5.92 Å². The van der Waals surface area contributed by atoms with Crippen LogP contribution >= 0.6 is 0 Å². The topological polar surface area (TPSA) is 95.5 Å². The average molecular weight is 645 g/mol. The number of carboxylic acid groups (broad SMARTS) is 1. The van der Waals surface area contributed by atoms with Crippen LogP contribution in [-0.4, -0.2) is 35.5 Å². The van der Waals surface area contributed by atoms with Crippen LogP contribution in [0, 0.1) is 5.92 Å². The quantitative estimate of drug-likeness (QED) is 0.0730. The molecule has 1 rings (SSSR count). The van der Waals surface area contributed by atoms with E-state index in [1.807, 2.05) is 31.2 Å². The number of allylic oxidation sites excluding steroid dienone is 12. The highest BCUT2D eigenvalue weighted by Crippen LogP contribution is 2.18. The van der Waals surface area contributed by atoms with E-state index < -0.39 is 12.0 Å². The molecule has 3 N–H and O–H groups in total. The Morgan fingerprint density at radius 1 is 0.723 bits per heavy atom. The zero-order chi connectivity index (χ0) is 34.5.